The molecule has 1 atom stereocenters. The molecule has 0 aliphatic heterocycles. The van der Waals surface area contributed by atoms with Crippen LogP contribution in [0.5, 0.6) is 5.75 Å². The van der Waals surface area contributed by atoms with Crippen molar-refractivity contribution in [3.05, 3.63) is 35.7 Å². The van der Waals surface area contributed by atoms with Crippen LogP contribution < -0.4 is 10.5 Å². The number of aryl methyl sites for hydroxylation is 1. The van der Waals surface area contributed by atoms with Crippen LogP contribution in [-0.2, 0) is 0 Å². The van der Waals surface area contributed by atoms with Gasteiger partial charge in [-0.15, -0.1) is 0 Å². The quantitative estimate of drug-likeness (QED) is 0.839. The van der Waals surface area contributed by atoms with Gasteiger partial charge in [0.05, 0.1) is 7.11 Å². The number of aromatic nitrogens is 1. The molecule has 0 bridgehead atoms. The van der Waals surface area contributed by atoms with Gasteiger partial charge in [-0.3, -0.25) is 4.98 Å². The summed E-state index contributed by atoms with van der Waals surface area (Å²) in [7, 11) is 1.67. The van der Waals surface area contributed by atoms with Crippen LogP contribution in [0.25, 0.3) is 10.8 Å². The third-order valence-electron chi connectivity index (χ3n) is 2.82. The van der Waals surface area contributed by atoms with Gasteiger partial charge in [0.1, 0.15) is 5.75 Å². The second kappa shape index (κ2) is 4.10. The van der Waals surface area contributed by atoms with Crippen LogP contribution in [0.15, 0.2) is 24.4 Å². The Bertz CT molecular complexity index is 521. The van der Waals surface area contributed by atoms with Gasteiger partial charge in [-0.25, -0.2) is 0 Å². The van der Waals surface area contributed by atoms with Gasteiger partial charge in [0.2, 0.25) is 0 Å². The van der Waals surface area contributed by atoms with Crippen LogP contribution in [0.3, 0.4) is 0 Å². The van der Waals surface area contributed by atoms with Crippen LogP contribution in [-0.4, -0.2) is 12.1 Å². The molecular weight excluding hydrogens is 200 g/mol. The third kappa shape index (κ3) is 1.63. The lowest BCUT2D eigenvalue weighted by atomic mass is 9.99. The highest BCUT2D eigenvalue weighted by Gasteiger charge is 2.12. The summed E-state index contributed by atoms with van der Waals surface area (Å²) in [5.41, 5.74) is 8.07. The molecule has 1 unspecified atom stereocenters. The highest BCUT2D eigenvalue weighted by Crippen LogP contribution is 2.32. The lowest BCUT2D eigenvalue weighted by Crippen LogP contribution is -2.08. The number of methoxy groups -OCH3 is 1. The van der Waals surface area contributed by atoms with Crippen molar-refractivity contribution in [2.75, 3.05) is 7.11 Å². The van der Waals surface area contributed by atoms with Gasteiger partial charge in [-0.1, -0.05) is 0 Å². The summed E-state index contributed by atoms with van der Waals surface area (Å²) in [5, 5.41) is 2.26. The summed E-state index contributed by atoms with van der Waals surface area (Å²) in [6.07, 6.45) is 1.81. The van der Waals surface area contributed by atoms with Crippen molar-refractivity contribution < 1.29 is 4.74 Å². The number of nitrogens with two attached hydrogens (primary N) is 1. The van der Waals surface area contributed by atoms with Gasteiger partial charge in [-0.2, -0.15) is 0 Å². The van der Waals surface area contributed by atoms with Gasteiger partial charge in [0.15, 0.2) is 0 Å². The average molecular weight is 216 g/mol. The predicted molar refractivity (Wildman–Crippen MR) is 65.6 cm³/mol. The Kier molecular flexibility index (Phi) is 2.79. The zero-order chi connectivity index (χ0) is 11.7. The largest absolute Gasteiger partial charge is 0.496 e. The molecule has 0 aliphatic rings. The molecule has 0 aliphatic carbocycles. The first-order chi connectivity index (χ1) is 7.65. The molecule has 1 heterocycles. The fourth-order valence-corrected chi connectivity index (χ4v) is 2.05. The molecule has 0 spiro atoms. The summed E-state index contributed by atoms with van der Waals surface area (Å²) in [5.74, 6) is 0.841. The van der Waals surface area contributed by atoms with Crippen molar-refractivity contribution in [2.24, 2.45) is 5.73 Å². The molecule has 2 aromatic rings. The van der Waals surface area contributed by atoms with E-state index in [0.717, 1.165) is 27.8 Å². The minimum absolute atomic E-state index is 0.0551. The van der Waals surface area contributed by atoms with Crippen LogP contribution in [0.1, 0.15) is 24.2 Å². The molecule has 0 fully saturated rings. The number of ether oxygens (including phenoxy) is 1. The maximum absolute atomic E-state index is 6.01. The average Bonchev–Trinajstić information content (AvgIpc) is 2.27. The lowest BCUT2D eigenvalue weighted by Gasteiger charge is -2.15. The minimum Gasteiger partial charge on any atom is -0.496 e. The first-order valence-corrected chi connectivity index (χ1v) is 5.33. The van der Waals surface area contributed by atoms with Crippen LogP contribution in [0, 0.1) is 6.92 Å². The van der Waals surface area contributed by atoms with Crippen molar-refractivity contribution in [3.8, 4) is 5.75 Å². The van der Waals surface area contributed by atoms with Crippen molar-refractivity contribution in [1.82, 2.24) is 4.98 Å². The molecule has 1 aromatic heterocycles. The van der Waals surface area contributed by atoms with E-state index in [1.807, 2.05) is 38.2 Å². The van der Waals surface area contributed by atoms with Crippen molar-refractivity contribution in [2.45, 2.75) is 19.9 Å². The number of nitrogens with zero attached hydrogens (tertiary/aromatic N) is 1. The van der Waals surface area contributed by atoms with E-state index in [1.165, 1.54) is 0 Å². The number of hydrogen-bond acceptors (Lipinski definition) is 3. The molecule has 1 aromatic carbocycles. The molecule has 3 nitrogen and oxygen atoms in total. The Morgan fingerprint density at radius 1 is 1.25 bits per heavy atom. The molecule has 0 saturated carbocycles. The molecule has 2 N–H and O–H groups in total. The summed E-state index contributed by atoms with van der Waals surface area (Å²) >= 11 is 0. The Labute approximate surface area is 95.2 Å². The lowest BCUT2D eigenvalue weighted by molar-refractivity contribution is 0.408. The predicted octanol–water partition coefficient (Wildman–Crippen LogP) is 2.57. The van der Waals surface area contributed by atoms with Gasteiger partial charge < -0.3 is 10.5 Å². The summed E-state index contributed by atoms with van der Waals surface area (Å²) in [6, 6.07) is 5.92. The smallest absolute Gasteiger partial charge is 0.124 e. The molecule has 2 rings (SSSR count). The molecule has 84 valence electrons. The van der Waals surface area contributed by atoms with E-state index in [9.17, 15) is 0 Å². The van der Waals surface area contributed by atoms with Gasteiger partial charge in [-0.05, 0) is 37.4 Å². The normalized spacial score (nSPS) is 12.8. The first kappa shape index (κ1) is 10.9. The standard InChI is InChI=1S/C13H16N2O/c1-8(14)13-11-6-7-15-9(2)10(11)4-5-12(13)16-3/h4-8H,14H2,1-3H3. The zero-order valence-electron chi connectivity index (χ0n) is 9.82. The molecular formula is C13H16N2O. The number of fused-ring (bicyclic) bond motifs is 1. The van der Waals surface area contributed by atoms with Crippen LogP contribution in [0.2, 0.25) is 0 Å². The maximum Gasteiger partial charge on any atom is 0.124 e. The second-order valence-corrected chi connectivity index (χ2v) is 3.96. The molecule has 0 saturated heterocycles. The highest BCUT2D eigenvalue weighted by molar-refractivity contribution is 5.89. The highest BCUT2D eigenvalue weighted by atomic mass is 16.5. The third-order valence-corrected chi connectivity index (χ3v) is 2.82. The van der Waals surface area contributed by atoms with E-state index in [4.69, 9.17) is 10.5 Å². The van der Waals surface area contributed by atoms with Crippen molar-refractivity contribution in [3.63, 3.8) is 0 Å². The van der Waals surface area contributed by atoms with E-state index in [1.54, 1.807) is 7.11 Å². The first-order valence-electron chi connectivity index (χ1n) is 5.33. The number of benzene rings is 1. The zero-order valence-corrected chi connectivity index (χ0v) is 9.82. The Morgan fingerprint density at radius 2 is 2.00 bits per heavy atom. The Morgan fingerprint density at radius 3 is 2.62 bits per heavy atom. The topological polar surface area (TPSA) is 48.1 Å². The van der Waals surface area contributed by atoms with E-state index in [0.29, 0.717) is 0 Å². The number of hydrogen-bond donors (Lipinski definition) is 1. The molecule has 0 radical (unpaired) electrons. The summed E-state index contributed by atoms with van der Waals surface area (Å²) in [4.78, 5) is 4.28. The maximum atomic E-state index is 6.01. The van der Waals surface area contributed by atoms with Gasteiger partial charge >= 0.3 is 0 Å². The monoisotopic (exact) mass is 216 g/mol. The van der Waals surface area contributed by atoms with Crippen molar-refractivity contribution in [1.29, 1.82) is 0 Å². The van der Waals surface area contributed by atoms with Crippen LogP contribution >= 0.6 is 0 Å². The summed E-state index contributed by atoms with van der Waals surface area (Å²) < 4.78 is 5.35. The van der Waals surface area contributed by atoms with E-state index >= 15 is 0 Å². The van der Waals surface area contributed by atoms with Crippen molar-refractivity contribution >= 4 is 10.8 Å². The van der Waals surface area contributed by atoms with E-state index in [-0.39, 0.29) is 6.04 Å². The SMILES string of the molecule is COc1ccc2c(C)nccc2c1C(C)N. The van der Waals surface area contributed by atoms with E-state index < -0.39 is 0 Å². The van der Waals surface area contributed by atoms with Gasteiger partial charge in [0, 0.05) is 28.9 Å². The minimum atomic E-state index is -0.0551. The van der Waals surface area contributed by atoms with E-state index in [2.05, 4.69) is 4.98 Å². The van der Waals surface area contributed by atoms with Gasteiger partial charge in [0.25, 0.3) is 0 Å². The fraction of sp³-hybridized carbons (Fsp3) is 0.308. The Hall–Kier alpha value is -1.61. The van der Waals surface area contributed by atoms with Crippen LogP contribution in [0.4, 0.5) is 0 Å². The molecule has 0 amide bonds. The second-order valence-electron chi connectivity index (χ2n) is 3.96. The summed E-state index contributed by atoms with van der Waals surface area (Å²) in [6.45, 7) is 3.97. The molecule has 3 heteroatoms. The fourth-order valence-electron chi connectivity index (χ4n) is 2.05. The number of rotatable bonds is 2. The molecule has 16 heavy (non-hydrogen) atoms. The Balaban J connectivity index is 2.84. The number of pyridine rings is 1.